The monoisotopic (exact) mass is 289 g/mol. The summed E-state index contributed by atoms with van der Waals surface area (Å²) in [6.07, 6.45) is 1.61. The third kappa shape index (κ3) is 2.50. The van der Waals surface area contributed by atoms with Gasteiger partial charge in [0.2, 0.25) is 0 Å². The number of nitrogens with zero attached hydrogens (tertiary/aromatic N) is 1. The Bertz CT molecular complexity index is 377. The first-order valence-electron chi connectivity index (χ1n) is 5.02. The maximum atomic E-state index is 13.5. The van der Waals surface area contributed by atoms with Gasteiger partial charge in [0.15, 0.2) is 11.6 Å². The highest BCUT2D eigenvalue weighted by atomic mass is 79.9. The molecule has 0 spiro atoms. The Balaban J connectivity index is 2.08. The van der Waals surface area contributed by atoms with Gasteiger partial charge in [-0.1, -0.05) is 0 Å². The lowest BCUT2D eigenvalue weighted by molar-refractivity contribution is 0.111. The molecule has 2 N–H and O–H groups in total. The quantitative estimate of drug-likeness (QED) is 0.883. The van der Waals surface area contributed by atoms with Crippen molar-refractivity contribution < 1.29 is 9.13 Å². The van der Waals surface area contributed by atoms with E-state index in [1.807, 2.05) is 0 Å². The van der Waals surface area contributed by atoms with Crippen LogP contribution in [0.25, 0.3) is 0 Å². The summed E-state index contributed by atoms with van der Waals surface area (Å²) >= 11 is 3.17. The van der Waals surface area contributed by atoms with E-state index in [2.05, 4.69) is 31.5 Å². The van der Waals surface area contributed by atoms with Crippen molar-refractivity contribution in [3.63, 3.8) is 0 Å². The summed E-state index contributed by atoms with van der Waals surface area (Å²) in [6, 6.07) is 1.44. The number of methoxy groups -OCH3 is 1. The number of aromatic nitrogens is 1. The van der Waals surface area contributed by atoms with Gasteiger partial charge < -0.3 is 15.4 Å². The van der Waals surface area contributed by atoms with E-state index in [0.717, 1.165) is 13.1 Å². The van der Waals surface area contributed by atoms with Gasteiger partial charge in [-0.05, 0) is 22.0 Å². The maximum Gasteiger partial charge on any atom is 0.166 e. The predicted octanol–water partition coefficient (Wildman–Crippen LogP) is 1.38. The number of pyridine rings is 1. The van der Waals surface area contributed by atoms with Crippen LogP contribution in [0.15, 0.2) is 16.7 Å². The second-order valence-corrected chi connectivity index (χ2v) is 4.58. The van der Waals surface area contributed by atoms with Crippen LogP contribution in [0.2, 0.25) is 0 Å². The number of hydrogen-bond acceptors (Lipinski definition) is 4. The van der Waals surface area contributed by atoms with Crippen LogP contribution in [0.5, 0.6) is 0 Å². The average molecular weight is 290 g/mol. The summed E-state index contributed by atoms with van der Waals surface area (Å²) in [5, 5.41) is 6.22. The van der Waals surface area contributed by atoms with E-state index in [1.54, 1.807) is 13.3 Å². The topological polar surface area (TPSA) is 46.2 Å². The van der Waals surface area contributed by atoms with Crippen molar-refractivity contribution in [1.29, 1.82) is 0 Å². The van der Waals surface area contributed by atoms with Gasteiger partial charge in [0.1, 0.15) is 0 Å². The van der Waals surface area contributed by atoms with Gasteiger partial charge in [0.05, 0.1) is 12.1 Å². The molecule has 2 rings (SSSR count). The zero-order valence-corrected chi connectivity index (χ0v) is 10.4. The van der Waals surface area contributed by atoms with Crippen molar-refractivity contribution in [3.05, 3.63) is 22.6 Å². The Kier molecular flexibility index (Phi) is 3.73. The molecule has 1 aromatic rings. The lowest BCUT2D eigenvalue weighted by Crippen LogP contribution is -2.34. The van der Waals surface area contributed by atoms with Crippen LogP contribution < -0.4 is 10.6 Å². The molecule has 2 atom stereocenters. The normalized spacial score (nSPS) is 24.7. The third-order valence-electron chi connectivity index (χ3n) is 2.59. The zero-order valence-electron chi connectivity index (χ0n) is 8.84. The molecule has 6 heteroatoms. The van der Waals surface area contributed by atoms with E-state index < -0.39 is 0 Å². The van der Waals surface area contributed by atoms with Crippen molar-refractivity contribution in [3.8, 4) is 0 Å². The largest absolute Gasteiger partial charge is 0.378 e. The molecular weight excluding hydrogens is 277 g/mol. The lowest BCUT2D eigenvalue weighted by Gasteiger charge is -2.19. The molecular formula is C10H13BrFN3O. The molecule has 0 aromatic carbocycles. The minimum atomic E-state index is -0.365. The molecule has 1 saturated heterocycles. The van der Waals surface area contributed by atoms with E-state index in [-0.39, 0.29) is 23.8 Å². The molecule has 88 valence electrons. The molecule has 0 radical (unpaired) electrons. The number of rotatable bonds is 3. The highest BCUT2D eigenvalue weighted by molar-refractivity contribution is 9.10. The van der Waals surface area contributed by atoms with Crippen molar-refractivity contribution in [2.75, 3.05) is 25.5 Å². The van der Waals surface area contributed by atoms with Crippen LogP contribution in [0.1, 0.15) is 0 Å². The first-order chi connectivity index (χ1) is 7.70. The smallest absolute Gasteiger partial charge is 0.166 e. The Labute approximate surface area is 102 Å². The summed E-state index contributed by atoms with van der Waals surface area (Å²) in [4.78, 5) is 3.99. The molecule has 0 saturated carbocycles. The molecule has 16 heavy (non-hydrogen) atoms. The first-order valence-corrected chi connectivity index (χ1v) is 5.81. The summed E-state index contributed by atoms with van der Waals surface area (Å²) in [5.74, 6) is -0.102. The van der Waals surface area contributed by atoms with Gasteiger partial charge in [-0.3, -0.25) is 0 Å². The molecule has 1 fully saturated rings. The van der Waals surface area contributed by atoms with Gasteiger partial charge in [-0.25, -0.2) is 9.37 Å². The van der Waals surface area contributed by atoms with Crippen LogP contribution in [-0.2, 0) is 4.74 Å². The number of ether oxygens (including phenoxy) is 1. The van der Waals surface area contributed by atoms with Crippen LogP contribution in [0, 0.1) is 5.82 Å². The molecule has 4 nitrogen and oxygen atoms in total. The summed E-state index contributed by atoms with van der Waals surface area (Å²) in [6.45, 7) is 1.52. The number of nitrogens with one attached hydrogen (secondary N) is 2. The van der Waals surface area contributed by atoms with E-state index in [0.29, 0.717) is 4.47 Å². The molecule has 2 heterocycles. The van der Waals surface area contributed by atoms with Crippen molar-refractivity contribution in [2.24, 2.45) is 0 Å². The zero-order chi connectivity index (χ0) is 11.5. The van der Waals surface area contributed by atoms with Gasteiger partial charge in [-0.2, -0.15) is 0 Å². The van der Waals surface area contributed by atoms with Crippen molar-refractivity contribution >= 4 is 21.7 Å². The number of hydrogen-bond donors (Lipinski definition) is 2. The van der Waals surface area contributed by atoms with E-state index in [9.17, 15) is 4.39 Å². The summed E-state index contributed by atoms with van der Waals surface area (Å²) in [5.41, 5.74) is 0. The molecule has 1 aliphatic heterocycles. The maximum absolute atomic E-state index is 13.5. The molecule has 0 aliphatic carbocycles. The molecule has 1 aliphatic rings. The minimum absolute atomic E-state index is 0.0462. The predicted molar refractivity (Wildman–Crippen MR) is 63.0 cm³/mol. The molecule has 0 amide bonds. The Hall–Kier alpha value is -0.720. The fraction of sp³-hybridized carbons (Fsp3) is 0.500. The Morgan fingerprint density at radius 2 is 2.44 bits per heavy atom. The average Bonchev–Trinajstić information content (AvgIpc) is 2.69. The lowest BCUT2D eigenvalue weighted by atomic mass is 10.2. The fourth-order valence-electron chi connectivity index (χ4n) is 1.74. The summed E-state index contributed by atoms with van der Waals surface area (Å²) in [7, 11) is 1.65. The molecule has 0 bridgehead atoms. The van der Waals surface area contributed by atoms with Crippen LogP contribution in [0.3, 0.4) is 0 Å². The second kappa shape index (κ2) is 5.07. The van der Waals surface area contributed by atoms with Gasteiger partial charge in [-0.15, -0.1) is 0 Å². The highest BCUT2D eigenvalue weighted by Crippen LogP contribution is 2.18. The van der Waals surface area contributed by atoms with Crippen molar-refractivity contribution in [2.45, 2.75) is 12.1 Å². The van der Waals surface area contributed by atoms with Gasteiger partial charge in [0.25, 0.3) is 0 Å². The van der Waals surface area contributed by atoms with E-state index >= 15 is 0 Å². The van der Waals surface area contributed by atoms with E-state index in [4.69, 9.17) is 4.74 Å². The van der Waals surface area contributed by atoms with Crippen LogP contribution in [0.4, 0.5) is 10.2 Å². The Morgan fingerprint density at radius 3 is 3.12 bits per heavy atom. The van der Waals surface area contributed by atoms with Gasteiger partial charge in [0, 0.05) is 30.9 Å². The highest BCUT2D eigenvalue weighted by Gasteiger charge is 2.27. The first kappa shape index (κ1) is 11.8. The number of halogens is 2. The van der Waals surface area contributed by atoms with Gasteiger partial charge >= 0.3 is 0 Å². The minimum Gasteiger partial charge on any atom is -0.378 e. The number of anilines is 1. The fourth-order valence-corrected chi connectivity index (χ4v) is 2.05. The standard InChI is InChI=1S/C10H13BrFN3O/c1-16-9-5-13-4-8(9)15-10-7(12)2-6(11)3-14-10/h2-3,8-9,13H,4-5H2,1H3,(H,14,15)/t8?,9-/m0/s1. The van der Waals surface area contributed by atoms with Crippen LogP contribution >= 0.6 is 15.9 Å². The summed E-state index contributed by atoms with van der Waals surface area (Å²) < 4.78 is 19.4. The Morgan fingerprint density at radius 1 is 1.62 bits per heavy atom. The van der Waals surface area contributed by atoms with E-state index in [1.165, 1.54) is 6.07 Å². The third-order valence-corrected chi connectivity index (χ3v) is 3.02. The van der Waals surface area contributed by atoms with Crippen molar-refractivity contribution in [1.82, 2.24) is 10.3 Å². The SMILES string of the molecule is CO[C@H]1CNCC1Nc1ncc(Br)cc1F. The molecule has 1 unspecified atom stereocenters. The second-order valence-electron chi connectivity index (χ2n) is 3.67. The van der Waals surface area contributed by atoms with Crippen LogP contribution in [-0.4, -0.2) is 37.3 Å². The molecule has 1 aromatic heterocycles.